The minimum atomic E-state index is -3.07. The van der Waals surface area contributed by atoms with Crippen molar-refractivity contribution in [1.29, 1.82) is 0 Å². The smallest absolute Gasteiger partial charge is 0.228 e. The van der Waals surface area contributed by atoms with Crippen LogP contribution in [-0.2, 0) is 5.92 Å². The standard InChI is InChI=1S/C37H22F2N2/c38-37(39)32-12-6-5-11-30(32)31-18-17-28(21-33(31)37)35-22-34(27-15-13-23-7-1-3-9-25(23)19-27)40-36(41-35)29-16-14-24-8-2-4-10-26(24)20-29/h1-22H. The molecule has 1 aliphatic carbocycles. The lowest BCUT2D eigenvalue weighted by atomic mass is 9.99. The Bertz CT molecular complexity index is 2050. The highest BCUT2D eigenvalue weighted by Crippen LogP contribution is 2.51. The molecule has 7 aromatic rings. The fourth-order valence-corrected chi connectivity index (χ4v) is 5.88. The Morgan fingerprint density at radius 1 is 0.415 bits per heavy atom. The maximum Gasteiger partial charge on any atom is 0.299 e. The van der Waals surface area contributed by atoms with Crippen LogP contribution in [0.5, 0.6) is 0 Å². The summed E-state index contributed by atoms with van der Waals surface area (Å²) in [7, 11) is 0. The highest BCUT2D eigenvalue weighted by atomic mass is 19.3. The zero-order valence-corrected chi connectivity index (χ0v) is 21.9. The molecule has 0 bridgehead atoms. The van der Waals surface area contributed by atoms with E-state index in [1.807, 2.05) is 48.5 Å². The molecule has 0 unspecified atom stereocenters. The molecule has 0 N–H and O–H groups in total. The lowest BCUT2D eigenvalue weighted by Gasteiger charge is -2.14. The number of rotatable bonds is 3. The van der Waals surface area contributed by atoms with Gasteiger partial charge in [0.15, 0.2) is 5.82 Å². The third-order valence-electron chi connectivity index (χ3n) is 7.99. The maximum atomic E-state index is 15.6. The van der Waals surface area contributed by atoms with Crippen LogP contribution in [0.4, 0.5) is 8.78 Å². The van der Waals surface area contributed by atoms with E-state index in [0.29, 0.717) is 28.2 Å². The molecule has 0 atom stereocenters. The van der Waals surface area contributed by atoms with E-state index in [-0.39, 0.29) is 11.1 Å². The average Bonchev–Trinajstić information content (AvgIpc) is 3.26. The second-order valence-electron chi connectivity index (χ2n) is 10.5. The molecule has 0 saturated heterocycles. The van der Waals surface area contributed by atoms with Gasteiger partial charge in [-0.15, -0.1) is 0 Å². The molecule has 2 nitrogen and oxygen atoms in total. The summed E-state index contributed by atoms with van der Waals surface area (Å²) in [5.41, 5.74) is 4.96. The molecule has 41 heavy (non-hydrogen) atoms. The number of alkyl halides is 2. The quantitative estimate of drug-likeness (QED) is 0.226. The first-order valence-electron chi connectivity index (χ1n) is 13.5. The zero-order chi connectivity index (χ0) is 27.6. The van der Waals surface area contributed by atoms with Gasteiger partial charge in [0.2, 0.25) is 0 Å². The molecule has 1 heterocycles. The van der Waals surface area contributed by atoms with Gasteiger partial charge in [-0.2, -0.15) is 8.78 Å². The van der Waals surface area contributed by atoms with E-state index in [2.05, 4.69) is 48.5 Å². The number of nitrogens with zero attached hydrogens (tertiary/aromatic N) is 2. The van der Waals surface area contributed by atoms with Gasteiger partial charge in [-0.25, -0.2) is 9.97 Å². The second-order valence-corrected chi connectivity index (χ2v) is 10.5. The Balaban J connectivity index is 1.33. The van der Waals surface area contributed by atoms with Crippen molar-refractivity contribution < 1.29 is 8.78 Å². The van der Waals surface area contributed by atoms with E-state index in [4.69, 9.17) is 9.97 Å². The largest absolute Gasteiger partial charge is 0.299 e. The van der Waals surface area contributed by atoms with Crippen LogP contribution in [0, 0.1) is 0 Å². The van der Waals surface area contributed by atoms with Crippen molar-refractivity contribution in [3.8, 4) is 45.0 Å². The van der Waals surface area contributed by atoms with Gasteiger partial charge in [0.1, 0.15) is 0 Å². The third kappa shape index (κ3) is 3.83. The van der Waals surface area contributed by atoms with Gasteiger partial charge in [0.25, 0.3) is 5.92 Å². The number of benzene rings is 6. The van der Waals surface area contributed by atoms with E-state index in [1.165, 1.54) is 6.07 Å². The Labute approximate surface area is 235 Å². The summed E-state index contributed by atoms with van der Waals surface area (Å²) >= 11 is 0. The first kappa shape index (κ1) is 23.6. The van der Waals surface area contributed by atoms with E-state index < -0.39 is 5.92 Å². The van der Waals surface area contributed by atoms with Crippen LogP contribution in [0.15, 0.2) is 133 Å². The molecule has 0 radical (unpaired) electrons. The first-order chi connectivity index (χ1) is 20.0. The minimum absolute atomic E-state index is 0.00863. The summed E-state index contributed by atoms with van der Waals surface area (Å²) < 4.78 is 31.2. The molecule has 0 saturated carbocycles. The summed E-state index contributed by atoms with van der Waals surface area (Å²) in [6.07, 6.45) is 0. The molecule has 6 aromatic carbocycles. The fraction of sp³-hybridized carbons (Fsp3) is 0.0270. The van der Waals surface area contributed by atoms with Crippen molar-refractivity contribution >= 4 is 21.5 Å². The Kier molecular flexibility index (Phi) is 5.13. The number of hydrogen-bond donors (Lipinski definition) is 0. The van der Waals surface area contributed by atoms with Gasteiger partial charge in [0, 0.05) is 27.8 Å². The zero-order valence-electron chi connectivity index (χ0n) is 21.9. The summed E-state index contributed by atoms with van der Waals surface area (Å²) in [6, 6.07) is 42.6. The van der Waals surface area contributed by atoms with E-state index >= 15 is 8.78 Å². The monoisotopic (exact) mass is 532 g/mol. The lowest BCUT2D eigenvalue weighted by Crippen LogP contribution is -2.10. The van der Waals surface area contributed by atoms with Crippen LogP contribution < -0.4 is 0 Å². The normalized spacial score (nSPS) is 13.3. The van der Waals surface area contributed by atoms with Crippen molar-refractivity contribution in [2.75, 3.05) is 0 Å². The summed E-state index contributed by atoms with van der Waals surface area (Å²) in [5, 5.41) is 4.46. The van der Waals surface area contributed by atoms with Crippen LogP contribution in [-0.4, -0.2) is 9.97 Å². The molecule has 0 fully saturated rings. The molecule has 194 valence electrons. The van der Waals surface area contributed by atoms with Crippen LogP contribution >= 0.6 is 0 Å². The molecule has 4 heteroatoms. The van der Waals surface area contributed by atoms with Gasteiger partial charge in [-0.1, -0.05) is 109 Å². The van der Waals surface area contributed by atoms with Gasteiger partial charge in [-0.05, 0) is 56.9 Å². The van der Waals surface area contributed by atoms with Crippen molar-refractivity contribution in [3.05, 3.63) is 145 Å². The van der Waals surface area contributed by atoms with Gasteiger partial charge in [-0.3, -0.25) is 0 Å². The molecular formula is C37H22F2N2. The lowest BCUT2D eigenvalue weighted by molar-refractivity contribution is 0.0480. The van der Waals surface area contributed by atoms with Crippen molar-refractivity contribution in [2.24, 2.45) is 0 Å². The average molecular weight is 533 g/mol. The van der Waals surface area contributed by atoms with Crippen LogP contribution in [0.2, 0.25) is 0 Å². The van der Waals surface area contributed by atoms with Crippen LogP contribution in [0.1, 0.15) is 11.1 Å². The molecule has 1 aliphatic rings. The van der Waals surface area contributed by atoms with Crippen molar-refractivity contribution in [3.63, 3.8) is 0 Å². The highest BCUT2D eigenvalue weighted by molar-refractivity contribution is 5.89. The molecule has 8 rings (SSSR count). The Hall–Kier alpha value is -5.22. The number of fused-ring (bicyclic) bond motifs is 5. The second kappa shape index (κ2) is 8.90. The molecule has 0 spiro atoms. The molecule has 0 amide bonds. The predicted octanol–water partition coefficient (Wildman–Crippen LogP) is 9.90. The van der Waals surface area contributed by atoms with Crippen molar-refractivity contribution in [2.45, 2.75) is 5.92 Å². The molecule has 0 aliphatic heterocycles. The number of aromatic nitrogens is 2. The summed E-state index contributed by atoms with van der Waals surface area (Å²) in [4.78, 5) is 9.92. The fourth-order valence-electron chi connectivity index (χ4n) is 5.88. The Morgan fingerprint density at radius 3 is 1.63 bits per heavy atom. The Morgan fingerprint density at radius 2 is 0.927 bits per heavy atom. The predicted molar refractivity (Wildman–Crippen MR) is 162 cm³/mol. The maximum absolute atomic E-state index is 15.6. The van der Waals surface area contributed by atoms with E-state index in [0.717, 1.165) is 38.4 Å². The van der Waals surface area contributed by atoms with E-state index in [9.17, 15) is 0 Å². The third-order valence-corrected chi connectivity index (χ3v) is 7.99. The van der Waals surface area contributed by atoms with Crippen LogP contribution in [0.25, 0.3) is 66.6 Å². The van der Waals surface area contributed by atoms with Gasteiger partial charge in [0.05, 0.1) is 11.4 Å². The summed E-state index contributed by atoms with van der Waals surface area (Å²) in [5.74, 6) is -2.52. The first-order valence-corrected chi connectivity index (χ1v) is 13.5. The van der Waals surface area contributed by atoms with Crippen molar-refractivity contribution in [1.82, 2.24) is 9.97 Å². The van der Waals surface area contributed by atoms with Crippen LogP contribution in [0.3, 0.4) is 0 Å². The minimum Gasteiger partial charge on any atom is -0.228 e. The topological polar surface area (TPSA) is 25.8 Å². The SMILES string of the molecule is FC1(F)c2ccccc2-c2ccc(-c3cc(-c4ccc5ccccc5c4)nc(-c4ccc5ccccc5c4)n3)cc21. The van der Waals surface area contributed by atoms with Gasteiger partial charge >= 0.3 is 0 Å². The number of halogens is 2. The van der Waals surface area contributed by atoms with E-state index in [1.54, 1.807) is 30.3 Å². The molecule has 1 aromatic heterocycles. The number of hydrogen-bond acceptors (Lipinski definition) is 2. The van der Waals surface area contributed by atoms with Gasteiger partial charge < -0.3 is 0 Å². The summed E-state index contributed by atoms with van der Waals surface area (Å²) in [6.45, 7) is 0. The molecular weight excluding hydrogens is 510 g/mol. The highest BCUT2D eigenvalue weighted by Gasteiger charge is 2.44.